The molecule has 1 amide bonds. The molecule has 0 bridgehead atoms. The number of anilines is 1. The third kappa shape index (κ3) is 5.58. The average molecular weight is 318 g/mol. The minimum Gasteiger partial charge on any atom is -0.444 e. The van der Waals surface area contributed by atoms with Gasteiger partial charge in [0.25, 0.3) is 0 Å². The molecule has 1 N–H and O–H groups in total. The van der Waals surface area contributed by atoms with Crippen LogP contribution >= 0.6 is 0 Å². The number of nitrogens with one attached hydrogen (secondary N) is 1. The maximum absolute atomic E-state index is 11.8. The summed E-state index contributed by atoms with van der Waals surface area (Å²) in [5.74, 6) is 0.385. The molecule has 1 saturated heterocycles. The first kappa shape index (κ1) is 17.3. The molecule has 1 aliphatic rings. The summed E-state index contributed by atoms with van der Waals surface area (Å²) in [6.45, 7) is 8.03. The third-order valence-electron chi connectivity index (χ3n) is 3.82. The fourth-order valence-electron chi connectivity index (χ4n) is 2.80. The smallest absolute Gasteiger partial charge is 0.407 e. The first-order valence-corrected chi connectivity index (χ1v) is 8.14. The number of hydrogen-bond donors (Lipinski definition) is 1. The van der Waals surface area contributed by atoms with E-state index in [-0.39, 0.29) is 6.09 Å². The molecular formula is C18H26N2O3. The highest BCUT2D eigenvalue weighted by molar-refractivity contribution is 5.77. The van der Waals surface area contributed by atoms with Crippen molar-refractivity contribution in [2.75, 3.05) is 24.5 Å². The predicted octanol–water partition coefficient (Wildman–Crippen LogP) is 3.24. The summed E-state index contributed by atoms with van der Waals surface area (Å²) in [7, 11) is 0. The molecule has 0 spiro atoms. The van der Waals surface area contributed by atoms with Gasteiger partial charge >= 0.3 is 6.09 Å². The van der Waals surface area contributed by atoms with Gasteiger partial charge in [0.05, 0.1) is 0 Å². The van der Waals surface area contributed by atoms with Crippen molar-refractivity contribution in [2.24, 2.45) is 5.92 Å². The Kier molecular flexibility index (Phi) is 5.64. The molecule has 0 saturated carbocycles. The molecule has 0 radical (unpaired) electrons. The van der Waals surface area contributed by atoms with Crippen molar-refractivity contribution in [2.45, 2.75) is 39.2 Å². The minimum atomic E-state index is -0.474. The monoisotopic (exact) mass is 318 g/mol. The largest absolute Gasteiger partial charge is 0.444 e. The summed E-state index contributed by atoms with van der Waals surface area (Å²) in [4.78, 5) is 24.9. The van der Waals surface area contributed by atoms with E-state index >= 15 is 0 Å². The lowest BCUT2D eigenvalue weighted by molar-refractivity contribution is 0.0517. The molecule has 1 atom stereocenters. The van der Waals surface area contributed by atoms with Crippen LogP contribution in [0.15, 0.2) is 24.3 Å². The molecule has 126 valence electrons. The molecule has 1 unspecified atom stereocenters. The number of benzene rings is 1. The second kappa shape index (κ2) is 7.49. The zero-order valence-corrected chi connectivity index (χ0v) is 14.2. The van der Waals surface area contributed by atoms with Crippen LogP contribution in [0.2, 0.25) is 0 Å². The van der Waals surface area contributed by atoms with Gasteiger partial charge in [0.1, 0.15) is 11.9 Å². The predicted molar refractivity (Wildman–Crippen MR) is 91.0 cm³/mol. The zero-order valence-electron chi connectivity index (χ0n) is 14.2. The quantitative estimate of drug-likeness (QED) is 0.866. The lowest BCUT2D eigenvalue weighted by atomic mass is 9.97. The Morgan fingerprint density at radius 2 is 2.22 bits per heavy atom. The van der Waals surface area contributed by atoms with Crippen LogP contribution in [0.25, 0.3) is 0 Å². The van der Waals surface area contributed by atoms with Crippen molar-refractivity contribution in [1.82, 2.24) is 5.32 Å². The van der Waals surface area contributed by atoms with Crippen molar-refractivity contribution in [3.05, 3.63) is 29.8 Å². The van der Waals surface area contributed by atoms with Gasteiger partial charge < -0.3 is 15.0 Å². The Bertz CT molecular complexity index is 551. The van der Waals surface area contributed by atoms with Gasteiger partial charge in [-0.25, -0.2) is 4.79 Å². The molecule has 5 heteroatoms. The molecule has 0 aromatic heterocycles. The Morgan fingerprint density at radius 1 is 1.43 bits per heavy atom. The van der Waals surface area contributed by atoms with E-state index in [0.29, 0.717) is 18.0 Å². The highest BCUT2D eigenvalue weighted by Crippen LogP contribution is 2.23. The van der Waals surface area contributed by atoms with Gasteiger partial charge in [0.2, 0.25) is 0 Å². The standard InChI is InChI=1S/C18H26N2O3/c1-18(2,3)23-17(22)19-11-15-7-5-9-20(12-15)16-8-4-6-14(10-16)13-21/h4,6,8,10,13,15H,5,7,9,11-12H2,1-3H3,(H,19,22). The highest BCUT2D eigenvalue weighted by Gasteiger charge is 2.22. The van der Waals surface area contributed by atoms with E-state index in [4.69, 9.17) is 4.74 Å². The highest BCUT2D eigenvalue weighted by atomic mass is 16.6. The third-order valence-corrected chi connectivity index (χ3v) is 3.82. The molecule has 1 aromatic carbocycles. The van der Waals surface area contributed by atoms with Gasteiger partial charge in [0, 0.05) is 30.9 Å². The first-order chi connectivity index (χ1) is 10.9. The fourth-order valence-corrected chi connectivity index (χ4v) is 2.80. The first-order valence-electron chi connectivity index (χ1n) is 8.14. The normalized spacial score (nSPS) is 18.4. The summed E-state index contributed by atoms with van der Waals surface area (Å²) in [6, 6.07) is 7.65. The van der Waals surface area contributed by atoms with Crippen molar-refractivity contribution in [3.63, 3.8) is 0 Å². The van der Waals surface area contributed by atoms with Crippen LogP contribution in [0.1, 0.15) is 44.0 Å². The van der Waals surface area contributed by atoms with Gasteiger partial charge in [-0.15, -0.1) is 0 Å². The van der Waals surface area contributed by atoms with Gasteiger partial charge in [-0.2, -0.15) is 0 Å². The molecule has 2 rings (SSSR count). The maximum atomic E-state index is 11.8. The molecule has 23 heavy (non-hydrogen) atoms. The second-order valence-corrected chi connectivity index (χ2v) is 7.05. The van der Waals surface area contributed by atoms with Crippen LogP contribution in [0.5, 0.6) is 0 Å². The Hall–Kier alpha value is -2.04. The number of carbonyl (C=O) groups excluding carboxylic acids is 2. The number of aldehydes is 1. The van der Waals surface area contributed by atoms with Gasteiger partial charge in [-0.05, 0) is 51.7 Å². The van der Waals surface area contributed by atoms with Crippen LogP contribution in [0.4, 0.5) is 10.5 Å². The van der Waals surface area contributed by atoms with E-state index in [1.165, 1.54) is 0 Å². The van der Waals surface area contributed by atoms with Crippen molar-refractivity contribution in [1.29, 1.82) is 0 Å². The van der Waals surface area contributed by atoms with Crippen molar-refractivity contribution >= 4 is 18.1 Å². The number of rotatable bonds is 4. The van der Waals surface area contributed by atoms with Gasteiger partial charge in [-0.1, -0.05) is 12.1 Å². The Balaban J connectivity index is 1.88. The number of alkyl carbamates (subject to hydrolysis) is 1. The number of piperidine rings is 1. The maximum Gasteiger partial charge on any atom is 0.407 e. The van der Waals surface area contributed by atoms with Gasteiger partial charge in [0.15, 0.2) is 0 Å². The van der Waals surface area contributed by atoms with E-state index in [1.807, 2.05) is 45.0 Å². The summed E-state index contributed by atoms with van der Waals surface area (Å²) < 4.78 is 5.27. The van der Waals surface area contributed by atoms with E-state index in [1.54, 1.807) is 0 Å². The number of ether oxygens (including phenoxy) is 1. The van der Waals surface area contributed by atoms with Gasteiger partial charge in [-0.3, -0.25) is 4.79 Å². The SMILES string of the molecule is CC(C)(C)OC(=O)NCC1CCCN(c2cccc(C=O)c2)C1. The number of carbonyl (C=O) groups is 2. The fraction of sp³-hybridized carbons (Fsp3) is 0.556. The van der Waals surface area contributed by atoms with Crippen LogP contribution < -0.4 is 10.2 Å². The van der Waals surface area contributed by atoms with Crippen LogP contribution in [0, 0.1) is 5.92 Å². The minimum absolute atomic E-state index is 0.363. The molecular weight excluding hydrogens is 292 g/mol. The van der Waals surface area contributed by atoms with Crippen LogP contribution in [-0.2, 0) is 4.74 Å². The molecule has 5 nitrogen and oxygen atoms in total. The molecule has 0 aliphatic carbocycles. The van der Waals surface area contributed by atoms with E-state index in [9.17, 15) is 9.59 Å². The number of hydrogen-bond acceptors (Lipinski definition) is 4. The molecule has 1 heterocycles. The molecule has 1 aromatic rings. The van der Waals surface area contributed by atoms with E-state index in [0.717, 1.165) is 37.9 Å². The van der Waals surface area contributed by atoms with Crippen molar-refractivity contribution < 1.29 is 14.3 Å². The van der Waals surface area contributed by atoms with Crippen LogP contribution in [-0.4, -0.2) is 37.6 Å². The summed E-state index contributed by atoms with van der Waals surface area (Å²) >= 11 is 0. The Labute approximate surface area is 138 Å². The zero-order chi connectivity index (χ0) is 16.9. The average Bonchev–Trinajstić information content (AvgIpc) is 2.52. The van der Waals surface area contributed by atoms with E-state index in [2.05, 4.69) is 10.2 Å². The number of nitrogens with zero attached hydrogens (tertiary/aromatic N) is 1. The lowest BCUT2D eigenvalue weighted by Crippen LogP contribution is -2.42. The summed E-state index contributed by atoms with van der Waals surface area (Å²) in [5.41, 5.74) is 1.28. The Morgan fingerprint density at radius 3 is 2.91 bits per heavy atom. The topological polar surface area (TPSA) is 58.6 Å². The summed E-state index contributed by atoms with van der Waals surface area (Å²) in [6.07, 6.45) is 2.67. The van der Waals surface area contributed by atoms with E-state index < -0.39 is 5.60 Å². The molecule has 1 aliphatic heterocycles. The second-order valence-electron chi connectivity index (χ2n) is 7.05. The lowest BCUT2D eigenvalue weighted by Gasteiger charge is -2.34. The van der Waals surface area contributed by atoms with Crippen LogP contribution in [0.3, 0.4) is 0 Å². The molecule has 1 fully saturated rings. The van der Waals surface area contributed by atoms with Crippen molar-refractivity contribution in [3.8, 4) is 0 Å². The number of amides is 1. The summed E-state index contributed by atoms with van der Waals surface area (Å²) in [5, 5.41) is 2.86.